The normalized spacial score (nSPS) is 17.5. The summed E-state index contributed by atoms with van der Waals surface area (Å²) in [5.74, 6) is 0.555. The van der Waals surface area contributed by atoms with Crippen molar-refractivity contribution >= 4 is 0 Å². The molecule has 0 aromatic heterocycles. The van der Waals surface area contributed by atoms with Crippen molar-refractivity contribution in [1.29, 1.82) is 0 Å². The third kappa shape index (κ3) is 4.66. The van der Waals surface area contributed by atoms with Crippen LogP contribution in [0.15, 0.2) is 0 Å². The maximum absolute atomic E-state index is 9.35. The summed E-state index contributed by atoms with van der Waals surface area (Å²) in [5.41, 5.74) is 0.485. The average molecular weight is 186 g/mol. The van der Waals surface area contributed by atoms with Crippen molar-refractivity contribution in [3.8, 4) is 0 Å². The molecule has 13 heavy (non-hydrogen) atoms. The summed E-state index contributed by atoms with van der Waals surface area (Å²) in [5, 5.41) is 9.35. The molecule has 1 nitrogen and oxygen atoms in total. The fourth-order valence-corrected chi connectivity index (χ4v) is 1.21. The predicted molar refractivity (Wildman–Crippen MR) is 58.7 cm³/mol. The Morgan fingerprint density at radius 2 is 1.46 bits per heavy atom. The van der Waals surface area contributed by atoms with Gasteiger partial charge in [-0.1, -0.05) is 41.5 Å². The standard InChI is InChI=1S/C12H26O/c1-10(2)12(6,9-13)8-7-11(3,4)5/h10,13H,7-9H2,1-6H3. The smallest absolute Gasteiger partial charge is 0.0487 e. The van der Waals surface area contributed by atoms with Crippen LogP contribution in [0.3, 0.4) is 0 Å². The summed E-state index contributed by atoms with van der Waals surface area (Å²) in [6.45, 7) is 13.6. The number of hydrogen-bond donors (Lipinski definition) is 1. The van der Waals surface area contributed by atoms with Crippen LogP contribution in [0.1, 0.15) is 54.4 Å². The van der Waals surface area contributed by atoms with E-state index in [0.29, 0.717) is 17.9 Å². The van der Waals surface area contributed by atoms with E-state index >= 15 is 0 Å². The first kappa shape index (κ1) is 13.0. The summed E-state index contributed by atoms with van der Waals surface area (Å²) >= 11 is 0. The molecule has 1 unspecified atom stereocenters. The van der Waals surface area contributed by atoms with Crippen molar-refractivity contribution in [3.63, 3.8) is 0 Å². The Morgan fingerprint density at radius 1 is 1.00 bits per heavy atom. The van der Waals surface area contributed by atoms with Crippen molar-refractivity contribution in [1.82, 2.24) is 0 Å². The largest absolute Gasteiger partial charge is 0.396 e. The second kappa shape index (κ2) is 4.45. The topological polar surface area (TPSA) is 20.2 Å². The highest BCUT2D eigenvalue weighted by Gasteiger charge is 2.28. The van der Waals surface area contributed by atoms with E-state index in [1.54, 1.807) is 0 Å². The molecule has 0 aliphatic rings. The van der Waals surface area contributed by atoms with Crippen molar-refractivity contribution in [2.24, 2.45) is 16.7 Å². The predicted octanol–water partition coefficient (Wildman–Crippen LogP) is 3.47. The molecule has 0 aliphatic carbocycles. The quantitative estimate of drug-likeness (QED) is 0.713. The molecule has 1 heteroatoms. The Balaban J connectivity index is 4.14. The van der Waals surface area contributed by atoms with E-state index in [-0.39, 0.29) is 5.41 Å². The molecular weight excluding hydrogens is 160 g/mol. The average Bonchev–Trinajstić information content (AvgIpc) is 1.98. The lowest BCUT2D eigenvalue weighted by atomic mass is 9.73. The first-order chi connectivity index (χ1) is 5.71. The molecule has 0 bridgehead atoms. The molecule has 0 aromatic carbocycles. The molecule has 80 valence electrons. The van der Waals surface area contributed by atoms with Gasteiger partial charge in [-0.25, -0.2) is 0 Å². The highest BCUT2D eigenvalue weighted by atomic mass is 16.3. The molecular formula is C12H26O. The van der Waals surface area contributed by atoms with Crippen molar-refractivity contribution in [2.45, 2.75) is 54.4 Å². The minimum absolute atomic E-state index is 0.104. The van der Waals surface area contributed by atoms with Gasteiger partial charge in [0.15, 0.2) is 0 Å². The van der Waals surface area contributed by atoms with Crippen molar-refractivity contribution in [2.75, 3.05) is 6.61 Å². The van der Waals surface area contributed by atoms with Crippen LogP contribution >= 0.6 is 0 Å². The van der Waals surface area contributed by atoms with Gasteiger partial charge >= 0.3 is 0 Å². The zero-order chi connectivity index (χ0) is 10.7. The molecule has 0 rings (SSSR count). The van der Waals surface area contributed by atoms with E-state index in [4.69, 9.17) is 0 Å². The highest BCUT2D eigenvalue weighted by molar-refractivity contribution is 4.79. The first-order valence-corrected chi connectivity index (χ1v) is 5.32. The van der Waals surface area contributed by atoms with Gasteiger partial charge in [-0.05, 0) is 29.6 Å². The number of rotatable bonds is 4. The second-order valence-electron chi connectivity index (χ2n) is 6.03. The SMILES string of the molecule is CC(C)C(C)(CO)CCC(C)(C)C. The van der Waals surface area contributed by atoms with Crippen LogP contribution in [0.5, 0.6) is 0 Å². The Labute approximate surface area is 83.5 Å². The summed E-state index contributed by atoms with van der Waals surface area (Å²) in [7, 11) is 0. The number of hydrogen-bond acceptors (Lipinski definition) is 1. The lowest BCUT2D eigenvalue weighted by Crippen LogP contribution is -2.29. The maximum atomic E-state index is 9.35. The van der Waals surface area contributed by atoms with Gasteiger partial charge in [-0.3, -0.25) is 0 Å². The molecule has 0 spiro atoms. The lowest BCUT2D eigenvalue weighted by molar-refractivity contribution is 0.0727. The molecule has 1 atom stereocenters. The molecule has 0 fully saturated rings. The summed E-state index contributed by atoms with van der Waals surface area (Å²) in [6.07, 6.45) is 2.30. The Bertz CT molecular complexity index is 144. The van der Waals surface area contributed by atoms with Gasteiger partial charge < -0.3 is 5.11 Å². The van der Waals surface area contributed by atoms with E-state index in [0.717, 1.165) is 6.42 Å². The Hall–Kier alpha value is -0.0400. The van der Waals surface area contributed by atoms with Crippen molar-refractivity contribution in [3.05, 3.63) is 0 Å². The number of aliphatic hydroxyl groups is 1. The van der Waals surface area contributed by atoms with E-state index < -0.39 is 0 Å². The molecule has 1 N–H and O–H groups in total. The van der Waals surface area contributed by atoms with Crippen LogP contribution < -0.4 is 0 Å². The monoisotopic (exact) mass is 186 g/mol. The molecule has 0 aliphatic heterocycles. The van der Waals surface area contributed by atoms with E-state index in [9.17, 15) is 5.11 Å². The molecule has 0 radical (unpaired) electrons. The van der Waals surface area contributed by atoms with Crippen LogP contribution in [0.25, 0.3) is 0 Å². The van der Waals surface area contributed by atoms with Crippen LogP contribution in [-0.2, 0) is 0 Å². The molecule has 0 heterocycles. The third-order valence-electron chi connectivity index (χ3n) is 3.20. The van der Waals surface area contributed by atoms with Crippen LogP contribution in [0.4, 0.5) is 0 Å². The summed E-state index contributed by atoms with van der Waals surface area (Å²) < 4.78 is 0. The van der Waals surface area contributed by atoms with Gasteiger partial charge in [-0.15, -0.1) is 0 Å². The van der Waals surface area contributed by atoms with Gasteiger partial charge in [0.1, 0.15) is 0 Å². The molecule has 0 saturated heterocycles. The van der Waals surface area contributed by atoms with Crippen LogP contribution in [0, 0.1) is 16.7 Å². The zero-order valence-electron chi connectivity index (χ0n) is 10.1. The maximum Gasteiger partial charge on any atom is 0.0487 e. The molecule has 0 aromatic rings. The van der Waals surface area contributed by atoms with Gasteiger partial charge in [0.2, 0.25) is 0 Å². The van der Waals surface area contributed by atoms with Crippen molar-refractivity contribution < 1.29 is 5.11 Å². The third-order valence-corrected chi connectivity index (χ3v) is 3.20. The van der Waals surface area contributed by atoms with Gasteiger partial charge in [0, 0.05) is 6.61 Å². The first-order valence-electron chi connectivity index (χ1n) is 5.32. The van der Waals surface area contributed by atoms with Gasteiger partial charge in [0.25, 0.3) is 0 Å². The summed E-state index contributed by atoms with van der Waals surface area (Å²) in [4.78, 5) is 0. The van der Waals surface area contributed by atoms with Crippen LogP contribution in [-0.4, -0.2) is 11.7 Å². The molecule has 0 amide bonds. The lowest BCUT2D eigenvalue weighted by Gasteiger charge is -2.34. The fourth-order valence-electron chi connectivity index (χ4n) is 1.21. The Morgan fingerprint density at radius 3 is 1.69 bits per heavy atom. The number of aliphatic hydroxyl groups excluding tert-OH is 1. The highest BCUT2D eigenvalue weighted by Crippen LogP contribution is 2.35. The van der Waals surface area contributed by atoms with Gasteiger partial charge in [0.05, 0.1) is 0 Å². The summed E-state index contributed by atoms with van der Waals surface area (Å²) in [6, 6.07) is 0. The van der Waals surface area contributed by atoms with E-state index in [2.05, 4.69) is 41.5 Å². The molecule has 0 saturated carbocycles. The minimum atomic E-state index is 0.104. The zero-order valence-corrected chi connectivity index (χ0v) is 10.1. The minimum Gasteiger partial charge on any atom is -0.396 e. The Kier molecular flexibility index (Phi) is 4.44. The van der Waals surface area contributed by atoms with E-state index in [1.165, 1.54) is 6.42 Å². The van der Waals surface area contributed by atoms with Gasteiger partial charge in [-0.2, -0.15) is 0 Å². The fraction of sp³-hybridized carbons (Fsp3) is 1.00. The van der Waals surface area contributed by atoms with Crippen LogP contribution in [0.2, 0.25) is 0 Å². The second-order valence-corrected chi connectivity index (χ2v) is 6.03. The van der Waals surface area contributed by atoms with E-state index in [1.807, 2.05) is 0 Å².